The molecule has 4 aliphatic carbocycles. The molecule has 5 nitrogen and oxygen atoms in total. The first-order valence-electron chi connectivity index (χ1n) is 9.97. The first-order valence-corrected chi connectivity index (χ1v) is 9.97. The van der Waals surface area contributed by atoms with Gasteiger partial charge in [-0.1, -0.05) is 5.57 Å². The summed E-state index contributed by atoms with van der Waals surface area (Å²) in [5.41, 5.74) is 6.99. The molecule has 4 saturated carbocycles. The fourth-order valence-electron chi connectivity index (χ4n) is 6.38. The van der Waals surface area contributed by atoms with Crippen LogP contribution >= 0.6 is 0 Å². The molecule has 2 N–H and O–H groups in total. The van der Waals surface area contributed by atoms with Gasteiger partial charge in [-0.15, -0.1) is 0 Å². The van der Waals surface area contributed by atoms with Crippen LogP contribution in [-0.2, 0) is 4.79 Å². The van der Waals surface area contributed by atoms with Gasteiger partial charge in [-0.25, -0.2) is 4.79 Å². The summed E-state index contributed by atoms with van der Waals surface area (Å²) in [7, 11) is 0. The number of urea groups is 1. The fourth-order valence-corrected chi connectivity index (χ4v) is 6.38. The Balaban J connectivity index is 1.45. The van der Waals surface area contributed by atoms with Crippen molar-refractivity contribution in [2.24, 2.45) is 28.9 Å². The highest BCUT2D eigenvalue weighted by Crippen LogP contribution is 2.62. The second kappa shape index (κ2) is 6.33. The number of allylic oxidation sites excluding steroid dienone is 1. The van der Waals surface area contributed by atoms with E-state index in [1.165, 1.54) is 44.1 Å². The molecule has 0 atom stereocenters. The van der Waals surface area contributed by atoms with E-state index in [1.54, 1.807) is 4.90 Å². The van der Waals surface area contributed by atoms with Crippen LogP contribution in [0.2, 0.25) is 0 Å². The number of rotatable bonds is 2. The number of amides is 3. The Labute approximate surface area is 150 Å². The standard InChI is InChI=1S/C20H31N3O2/c1-14(20-11-15-8-16(12-20)10-17(9-15)13-20)7-18(24)22-3-2-4-23(6-5-22)19(21)25/h7,15-17H,2-6,8-13H2,1H3,(H2,21,25)/b14-7-. The van der Waals surface area contributed by atoms with E-state index in [9.17, 15) is 9.59 Å². The predicted octanol–water partition coefficient (Wildman–Crippen LogP) is 2.76. The summed E-state index contributed by atoms with van der Waals surface area (Å²) in [4.78, 5) is 27.7. The molecule has 0 aromatic rings. The normalized spacial score (nSPS) is 38.0. The molecule has 5 fully saturated rings. The summed E-state index contributed by atoms with van der Waals surface area (Å²) < 4.78 is 0. The molecule has 1 saturated heterocycles. The molecule has 0 radical (unpaired) electrons. The highest BCUT2D eigenvalue weighted by molar-refractivity contribution is 5.88. The number of nitrogens with two attached hydrogens (primary N) is 1. The second-order valence-corrected chi connectivity index (χ2v) is 9.03. The molecule has 5 aliphatic rings. The number of carbonyl (C=O) groups excluding carboxylic acids is 2. The van der Waals surface area contributed by atoms with Crippen LogP contribution in [0.5, 0.6) is 0 Å². The molecule has 138 valence electrons. The minimum Gasteiger partial charge on any atom is -0.351 e. The Hall–Kier alpha value is -1.52. The van der Waals surface area contributed by atoms with Crippen molar-refractivity contribution in [2.75, 3.05) is 26.2 Å². The van der Waals surface area contributed by atoms with Gasteiger partial charge in [-0.3, -0.25) is 4.79 Å². The van der Waals surface area contributed by atoms with Crippen LogP contribution in [0.1, 0.15) is 51.9 Å². The lowest BCUT2D eigenvalue weighted by Gasteiger charge is -2.57. The van der Waals surface area contributed by atoms with Gasteiger partial charge in [0.25, 0.3) is 0 Å². The van der Waals surface area contributed by atoms with Gasteiger partial charge in [0.05, 0.1) is 0 Å². The minimum absolute atomic E-state index is 0.125. The lowest BCUT2D eigenvalue weighted by molar-refractivity contribution is -0.126. The minimum atomic E-state index is -0.380. The van der Waals surface area contributed by atoms with E-state index in [0.717, 1.165) is 24.2 Å². The van der Waals surface area contributed by atoms with E-state index < -0.39 is 0 Å². The van der Waals surface area contributed by atoms with E-state index >= 15 is 0 Å². The van der Waals surface area contributed by atoms with E-state index in [1.807, 2.05) is 11.0 Å². The van der Waals surface area contributed by atoms with Crippen molar-refractivity contribution in [1.82, 2.24) is 9.80 Å². The van der Waals surface area contributed by atoms with Gasteiger partial charge in [0.2, 0.25) is 5.91 Å². The average molecular weight is 345 g/mol. The van der Waals surface area contributed by atoms with Gasteiger partial charge >= 0.3 is 6.03 Å². The summed E-state index contributed by atoms with van der Waals surface area (Å²) in [5.74, 6) is 2.81. The van der Waals surface area contributed by atoms with Gasteiger partial charge < -0.3 is 15.5 Å². The van der Waals surface area contributed by atoms with E-state index in [-0.39, 0.29) is 11.9 Å². The number of nitrogens with zero attached hydrogens (tertiary/aromatic N) is 2. The Bertz CT molecular complexity index is 562. The van der Waals surface area contributed by atoms with Crippen molar-refractivity contribution in [1.29, 1.82) is 0 Å². The maximum atomic E-state index is 12.8. The van der Waals surface area contributed by atoms with Crippen molar-refractivity contribution < 1.29 is 9.59 Å². The smallest absolute Gasteiger partial charge is 0.314 e. The number of hydrogen-bond acceptors (Lipinski definition) is 2. The largest absolute Gasteiger partial charge is 0.351 e. The van der Waals surface area contributed by atoms with Crippen LogP contribution in [-0.4, -0.2) is 47.9 Å². The third kappa shape index (κ3) is 3.18. The van der Waals surface area contributed by atoms with Crippen LogP contribution in [0.3, 0.4) is 0 Å². The fraction of sp³-hybridized carbons (Fsp3) is 0.800. The lowest BCUT2D eigenvalue weighted by Crippen LogP contribution is -2.47. The molecule has 25 heavy (non-hydrogen) atoms. The molecule has 0 unspecified atom stereocenters. The van der Waals surface area contributed by atoms with Gasteiger partial charge in [0.15, 0.2) is 0 Å². The Morgan fingerprint density at radius 3 is 2.00 bits per heavy atom. The molecule has 1 heterocycles. The molecule has 1 aliphatic heterocycles. The Morgan fingerprint density at radius 2 is 1.44 bits per heavy atom. The number of carbonyl (C=O) groups is 2. The van der Waals surface area contributed by atoms with Crippen LogP contribution in [0.25, 0.3) is 0 Å². The van der Waals surface area contributed by atoms with Gasteiger partial charge in [0.1, 0.15) is 0 Å². The van der Waals surface area contributed by atoms with Gasteiger partial charge in [-0.2, -0.15) is 0 Å². The van der Waals surface area contributed by atoms with E-state index in [4.69, 9.17) is 5.73 Å². The van der Waals surface area contributed by atoms with Crippen LogP contribution in [0, 0.1) is 23.2 Å². The molecule has 5 heteroatoms. The molecule has 5 rings (SSSR count). The summed E-state index contributed by atoms with van der Waals surface area (Å²) in [5, 5.41) is 0. The summed E-state index contributed by atoms with van der Waals surface area (Å²) in [6.07, 6.45) is 10.9. The summed E-state index contributed by atoms with van der Waals surface area (Å²) >= 11 is 0. The van der Waals surface area contributed by atoms with Crippen molar-refractivity contribution >= 4 is 11.9 Å². The van der Waals surface area contributed by atoms with Crippen molar-refractivity contribution in [2.45, 2.75) is 51.9 Å². The third-order valence-corrected chi connectivity index (χ3v) is 7.33. The molecule has 0 aromatic heterocycles. The topological polar surface area (TPSA) is 66.6 Å². The first kappa shape index (κ1) is 16.9. The zero-order valence-corrected chi connectivity index (χ0v) is 15.4. The maximum Gasteiger partial charge on any atom is 0.314 e. The molecular weight excluding hydrogens is 314 g/mol. The quantitative estimate of drug-likeness (QED) is 0.782. The summed E-state index contributed by atoms with van der Waals surface area (Å²) in [6.45, 7) is 4.69. The van der Waals surface area contributed by atoms with Crippen molar-refractivity contribution in [3.05, 3.63) is 11.6 Å². The van der Waals surface area contributed by atoms with E-state index in [0.29, 0.717) is 31.6 Å². The first-order chi connectivity index (χ1) is 11.9. The third-order valence-electron chi connectivity index (χ3n) is 7.33. The molecular formula is C20H31N3O2. The Morgan fingerprint density at radius 1 is 0.920 bits per heavy atom. The maximum absolute atomic E-state index is 12.8. The average Bonchev–Trinajstić information content (AvgIpc) is 2.79. The molecule has 0 spiro atoms. The molecule has 0 aromatic carbocycles. The van der Waals surface area contributed by atoms with Gasteiger partial charge in [0, 0.05) is 32.3 Å². The van der Waals surface area contributed by atoms with Crippen LogP contribution < -0.4 is 5.73 Å². The SMILES string of the molecule is C/C(=C/C(=O)N1CCCN(C(N)=O)CC1)C12CC3CC(CC(C3)C1)C2. The lowest BCUT2D eigenvalue weighted by atomic mass is 9.48. The zero-order chi connectivity index (χ0) is 17.6. The summed E-state index contributed by atoms with van der Waals surface area (Å²) in [6, 6.07) is -0.380. The zero-order valence-electron chi connectivity index (χ0n) is 15.4. The van der Waals surface area contributed by atoms with Crippen molar-refractivity contribution in [3.8, 4) is 0 Å². The van der Waals surface area contributed by atoms with E-state index in [2.05, 4.69) is 6.92 Å². The molecule has 3 amide bonds. The highest BCUT2D eigenvalue weighted by atomic mass is 16.2. The number of hydrogen-bond donors (Lipinski definition) is 1. The van der Waals surface area contributed by atoms with Crippen LogP contribution in [0.4, 0.5) is 4.79 Å². The second-order valence-electron chi connectivity index (χ2n) is 9.03. The van der Waals surface area contributed by atoms with Gasteiger partial charge in [-0.05, 0) is 75.0 Å². The predicted molar refractivity (Wildman–Crippen MR) is 96.7 cm³/mol. The number of primary amides is 1. The van der Waals surface area contributed by atoms with Crippen LogP contribution in [0.15, 0.2) is 11.6 Å². The monoisotopic (exact) mass is 345 g/mol. The molecule has 4 bridgehead atoms. The highest BCUT2D eigenvalue weighted by Gasteiger charge is 2.51. The Kier molecular flexibility index (Phi) is 4.28. The van der Waals surface area contributed by atoms with Crippen molar-refractivity contribution in [3.63, 3.8) is 0 Å².